The van der Waals surface area contributed by atoms with E-state index in [1.54, 1.807) is 0 Å². The van der Waals surface area contributed by atoms with Gasteiger partial charge in [0.2, 0.25) is 6.79 Å². The summed E-state index contributed by atoms with van der Waals surface area (Å²) < 4.78 is 12.8. The molecule has 5 nitrogen and oxygen atoms in total. The smallest absolute Gasteiger partial charge is 0.231 e. The summed E-state index contributed by atoms with van der Waals surface area (Å²) in [5, 5.41) is 9.34. The normalized spacial score (nSPS) is 12.2. The van der Waals surface area contributed by atoms with Gasteiger partial charge in [0.15, 0.2) is 11.5 Å². The Morgan fingerprint density at radius 1 is 0.889 bits per heavy atom. The van der Waals surface area contributed by atoms with E-state index < -0.39 is 0 Å². The lowest BCUT2D eigenvalue weighted by Gasteiger charge is -2.04. The quantitative estimate of drug-likeness (QED) is 0.575. The second kappa shape index (κ2) is 6.95. The van der Waals surface area contributed by atoms with E-state index in [1.807, 2.05) is 65.2 Å². The van der Waals surface area contributed by atoms with Gasteiger partial charge in [-0.2, -0.15) is 0 Å². The highest BCUT2D eigenvalue weighted by molar-refractivity contribution is 5.85. The first-order chi connectivity index (χ1) is 12.8. The topological polar surface area (TPSA) is 56.0 Å². The van der Waals surface area contributed by atoms with E-state index in [1.165, 1.54) is 0 Å². The van der Waals surface area contributed by atoms with E-state index in [9.17, 15) is 5.11 Å². The largest absolute Gasteiger partial charge is 0.454 e. The molecule has 0 aliphatic carbocycles. The molecule has 4 aromatic rings. The Kier molecular flexibility index (Phi) is 4.48. The van der Waals surface area contributed by atoms with Crippen LogP contribution in [0.4, 0.5) is 0 Å². The molecule has 1 aliphatic rings. The predicted molar refractivity (Wildman–Crippen MR) is 105 cm³/mol. The molecule has 0 amide bonds. The fraction of sp³-hybridized carbons (Fsp3) is 0.0952. The zero-order valence-electron chi connectivity index (χ0n) is 14.3. The van der Waals surface area contributed by atoms with E-state index in [2.05, 4.69) is 6.20 Å². The van der Waals surface area contributed by atoms with Crippen LogP contribution in [0.1, 0.15) is 5.56 Å². The summed E-state index contributed by atoms with van der Waals surface area (Å²) in [7, 11) is 0. The lowest BCUT2D eigenvalue weighted by atomic mass is 10.1. The molecule has 0 radical (unpaired) electrons. The van der Waals surface area contributed by atoms with Crippen molar-refractivity contribution in [1.82, 2.24) is 9.38 Å². The van der Waals surface area contributed by atoms with Crippen LogP contribution in [0.25, 0.3) is 28.0 Å². The van der Waals surface area contributed by atoms with E-state index in [4.69, 9.17) is 14.5 Å². The molecule has 0 spiro atoms. The number of hydrogen-bond donors (Lipinski definition) is 1. The maximum Gasteiger partial charge on any atom is 0.231 e. The number of aliphatic hydroxyl groups is 1. The van der Waals surface area contributed by atoms with Gasteiger partial charge in [-0.05, 0) is 53.1 Å². The number of pyridine rings is 1. The summed E-state index contributed by atoms with van der Waals surface area (Å²) in [5.74, 6) is 1.52. The third-order valence-corrected chi connectivity index (χ3v) is 4.56. The predicted octanol–water partition coefficient (Wildman–Crippen LogP) is 4.31. The molecule has 2 aromatic heterocycles. The van der Waals surface area contributed by atoms with Crippen LogP contribution in [-0.2, 0) is 6.61 Å². The first-order valence-corrected chi connectivity index (χ1v) is 8.39. The van der Waals surface area contributed by atoms with Crippen LogP contribution < -0.4 is 9.47 Å². The second-order valence-corrected chi connectivity index (χ2v) is 6.24. The van der Waals surface area contributed by atoms with Crippen molar-refractivity contribution in [3.8, 4) is 33.9 Å². The average molecular weight is 381 g/mol. The minimum atomic E-state index is 0. The lowest BCUT2D eigenvalue weighted by Crippen LogP contribution is -1.92. The fourth-order valence-electron chi connectivity index (χ4n) is 3.21. The molecule has 1 aliphatic heterocycles. The third kappa shape index (κ3) is 3.12. The van der Waals surface area contributed by atoms with Gasteiger partial charge in [0.25, 0.3) is 0 Å². The molecule has 27 heavy (non-hydrogen) atoms. The number of imidazole rings is 1. The molecule has 0 unspecified atom stereocenters. The van der Waals surface area contributed by atoms with Crippen molar-refractivity contribution in [3.63, 3.8) is 0 Å². The Bertz CT molecular complexity index is 1120. The second-order valence-electron chi connectivity index (χ2n) is 6.24. The van der Waals surface area contributed by atoms with Crippen LogP contribution >= 0.6 is 12.4 Å². The van der Waals surface area contributed by atoms with Crippen LogP contribution in [0.5, 0.6) is 11.5 Å². The lowest BCUT2D eigenvalue weighted by molar-refractivity contribution is 0.174. The Morgan fingerprint density at radius 2 is 1.74 bits per heavy atom. The van der Waals surface area contributed by atoms with Gasteiger partial charge in [-0.1, -0.05) is 18.2 Å². The average Bonchev–Trinajstić information content (AvgIpc) is 3.33. The fourth-order valence-corrected chi connectivity index (χ4v) is 3.21. The summed E-state index contributed by atoms with van der Waals surface area (Å²) in [6, 6.07) is 17.8. The first kappa shape index (κ1) is 17.4. The van der Waals surface area contributed by atoms with Gasteiger partial charge in [-0.15, -0.1) is 12.4 Å². The Morgan fingerprint density at radius 3 is 2.63 bits per heavy atom. The molecule has 2 aromatic carbocycles. The highest BCUT2D eigenvalue weighted by atomic mass is 35.5. The monoisotopic (exact) mass is 380 g/mol. The van der Waals surface area contributed by atoms with E-state index in [-0.39, 0.29) is 25.8 Å². The van der Waals surface area contributed by atoms with Crippen molar-refractivity contribution in [3.05, 3.63) is 72.6 Å². The first-order valence-electron chi connectivity index (χ1n) is 8.39. The zero-order chi connectivity index (χ0) is 17.5. The van der Waals surface area contributed by atoms with E-state index in [0.717, 1.165) is 45.1 Å². The molecule has 0 atom stereocenters. The van der Waals surface area contributed by atoms with Gasteiger partial charge in [-0.25, -0.2) is 4.98 Å². The molecule has 0 bridgehead atoms. The van der Waals surface area contributed by atoms with Gasteiger partial charge in [0.05, 0.1) is 12.3 Å². The van der Waals surface area contributed by atoms with Crippen LogP contribution in [0, 0.1) is 0 Å². The minimum Gasteiger partial charge on any atom is -0.454 e. The van der Waals surface area contributed by atoms with Crippen LogP contribution in [-0.4, -0.2) is 21.3 Å². The van der Waals surface area contributed by atoms with Gasteiger partial charge in [0, 0.05) is 18.0 Å². The van der Waals surface area contributed by atoms with Gasteiger partial charge in [-0.3, -0.25) is 0 Å². The van der Waals surface area contributed by atoms with E-state index in [0.29, 0.717) is 0 Å². The molecule has 6 heteroatoms. The summed E-state index contributed by atoms with van der Waals surface area (Å²) in [6.45, 7) is 0.301. The number of benzene rings is 2. The van der Waals surface area contributed by atoms with Gasteiger partial charge in [0.1, 0.15) is 5.65 Å². The highest BCUT2D eigenvalue weighted by Gasteiger charge is 2.15. The molecular weight excluding hydrogens is 364 g/mol. The Hall–Kier alpha value is -3.02. The summed E-state index contributed by atoms with van der Waals surface area (Å²) in [6.07, 6.45) is 4.06. The Balaban J connectivity index is 0.00000180. The van der Waals surface area contributed by atoms with Crippen LogP contribution in [0.15, 0.2) is 67.0 Å². The number of ether oxygens (including phenoxy) is 2. The number of nitrogens with zero attached hydrogens (tertiary/aromatic N) is 2. The maximum atomic E-state index is 9.34. The molecule has 0 fully saturated rings. The van der Waals surface area contributed by atoms with Crippen molar-refractivity contribution in [1.29, 1.82) is 0 Å². The molecule has 3 heterocycles. The molecule has 0 saturated carbocycles. The van der Waals surface area contributed by atoms with Crippen molar-refractivity contribution in [2.45, 2.75) is 6.61 Å². The van der Waals surface area contributed by atoms with Crippen LogP contribution in [0.2, 0.25) is 0 Å². The third-order valence-electron chi connectivity index (χ3n) is 4.56. The summed E-state index contributed by atoms with van der Waals surface area (Å²) in [5.41, 5.74) is 5.78. The van der Waals surface area contributed by atoms with Gasteiger partial charge < -0.3 is 19.0 Å². The molecular formula is C21H17ClN2O3. The number of rotatable bonds is 3. The molecule has 5 rings (SSSR count). The maximum absolute atomic E-state index is 9.34. The molecule has 136 valence electrons. The van der Waals surface area contributed by atoms with Crippen molar-refractivity contribution in [2.24, 2.45) is 0 Å². The highest BCUT2D eigenvalue weighted by Crippen LogP contribution is 2.35. The molecule has 0 saturated heterocycles. The van der Waals surface area contributed by atoms with Crippen molar-refractivity contribution >= 4 is 18.1 Å². The SMILES string of the molecule is Cl.OCc1cccc(-c2ccc3nc(-c4ccc5c(c4)OCO5)cn3c2)c1. The number of fused-ring (bicyclic) bond motifs is 2. The van der Waals surface area contributed by atoms with Gasteiger partial charge >= 0.3 is 0 Å². The van der Waals surface area contributed by atoms with Crippen LogP contribution in [0.3, 0.4) is 0 Å². The summed E-state index contributed by atoms with van der Waals surface area (Å²) in [4.78, 5) is 4.70. The number of halogens is 1. The zero-order valence-corrected chi connectivity index (χ0v) is 15.1. The number of hydrogen-bond acceptors (Lipinski definition) is 4. The summed E-state index contributed by atoms with van der Waals surface area (Å²) >= 11 is 0. The molecule has 1 N–H and O–H groups in total. The van der Waals surface area contributed by atoms with Crippen molar-refractivity contribution in [2.75, 3.05) is 6.79 Å². The number of aromatic nitrogens is 2. The number of aliphatic hydroxyl groups excluding tert-OH is 1. The Labute approximate surface area is 162 Å². The van der Waals surface area contributed by atoms with E-state index >= 15 is 0 Å². The standard InChI is InChI=1S/C21H16N2O3.ClH/c24-12-14-2-1-3-15(8-14)17-5-7-21-22-18(11-23(21)10-17)16-4-6-19-20(9-16)26-13-25-19;/h1-11,24H,12-13H2;1H. The minimum absolute atomic E-state index is 0. The van der Waals surface area contributed by atoms with Crippen molar-refractivity contribution < 1.29 is 14.6 Å².